The predicted molar refractivity (Wildman–Crippen MR) is 118 cm³/mol. The van der Waals surface area contributed by atoms with E-state index in [1.807, 2.05) is 13.0 Å². The molecule has 0 aromatic carbocycles. The standard InChI is InChI=1S/C21H24ClN3S2/c1-12(2)10-16-14-6-4-5-7-15(14)17-18-19(27-20(17)25-16)21(24-11-23-18)26-9-8-13(3)22/h8,11-12H,4-7,9-10H2,1-3H3/b13-8+. The van der Waals surface area contributed by atoms with Gasteiger partial charge in [-0.3, -0.25) is 0 Å². The van der Waals surface area contributed by atoms with Crippen molar-refractivity contribution in [2.24, 2.45) is 5.92 Å². The molecule has 0 unspecified atom stereocenters. The number of aryl methyl sites for hydroxylation is 1. The molecular weight excluding hydrogens is 394 g/mol. The minimum absolute atomic E-state index is 0.617. The van der Waals surface area contributed by atoms with Gasteiger partial charge >= 0.3 is 0 Å². The van der Waals surface area contributed by atoms with E-state index in [0.717, 1.165) is 45.4 Å². The first-order valence-corrected chi connectivity index (χ1v) is 11.8. The Balaban J connectivity index is 1.89. The summed E-state index contributed by atoms with van der Waals surface area (Å²) < 4.78 is 1.17. The molecule has 0 atom stereocenters. The first kappa shape index (κ1) is 19.2. The first-order chi connectivity index (χ1) is 13.0. The van der Waals surface area contributed by atoms with Gasteiger partial charge in [0.05, 0.1) is 10.2 Å². The third-order valence-corrected chi connectivity index (χ3v) is 7.24. The summed E-state index contributed by atoms with van der Waals surface area (Å²) in [7, 11) is 0. The zero-order chi connectivity index (χ0) is 19.0. The Morgan fingerprint density at radius 3 is 2.78 bits per heavy atom. The van der Waals surface area contributed by atoms with Crippen LogP contribution in [0.4, 0.5) is 0 Å². The average molecular weight is 418 g/mol. The summed E-state index contributed by atoms with van der Waals surface area (Å²) in [5.41, 5.74) is 5.39. The van der Waals surface area contributed by atoms with Gasteiger partial charge < -0.3 is 0 Å². The molecule has 3 aromatic heterocycles. The smallest absolute Gasteiger partial charge is 0.126 e. The summed E-state index contributed by atoms with van der Waals surface area (Å²) >= 11 is 9.44. The molecule has 3 nitrogen and oxygen atoms in total. The van der Waals surface area contributed by atoms with Gasteiger partial charge in [-0.1, -0.05) is 31.5 Å². The predicted octanol–water partition coefficient (Wildman–Crippen LogP) is 6.55. The second-order valence-corrected chi connectivity index (χ2v) is 10.2. The number of rotatable bonds is 5. The number of hydrogen-bond acceptors (Lipinski definition) is 5. The van der Waals surface area contributed by atoms with Crippen LogP contribution in [0.3, 0.4) is 0 Å². The van der Waals surface area contributed by atoms with E-state index >= 15 is 0 Å². The van der Waals surface area contributed by atoms with Crippen LogP contribution in [-0.2, 0) is 19.3 Å². The normalized spacial score (nSPS) is 15.1. The van der Waals surface area contributed by atoms with Crippen molar-refractivity contribution in [3.8, 4) is 0 Å². The number of hydrogen-bond donors (Lipinski definition) is 0. The minimum atomic E-state index is 0.617. The fourth-order valence-electron chi connectivity index (χ4n) is 3.81. The second-order valence-electron chi connectivity index (χ2n) is 7.56. The quantitative estimate of drug-likeness (QED) is 0.348. The van der Waals surface area contributed by atoms with Gasteiger partial charge in [-0.15, -0.1) is 23.1 Å². The molecular formula is C21H24ClN3S2. The molecule has 0 saturated carbocycles. The molecule has 0 amide bonds. The van der Waals surface area contributed by atoms with Crippen molar-refractivity contribution in [1.29, 1.82) is 0 Å². The molecule has 0 saturated heterocycles. The molecule has 27 heavy (non-hydrogen) atoms. The van der Waals surface area contributed by atoms with Crippen LogP contribution in [0.25, 0.3) is 20.4 Å². The van der Waals surface area contributed by atoms with E-state index in [1.54, 1.807) is 29.4 Å². The van der Waals surface area contributed by atoms with Crippen molar-refractivity contribution >= 4 is 55.1 Å². The van der Waals surface area contributed by atoms with Crippen LogP contribution in [0.2, 0.25) is 0 Å². The Morgan fingerprint density at radius 2 is 2.04 bits per heavy atom. The molecule has 142 valence electrons. The van der Waals surface area contributed by atoms with Gasteiger partial charge in [-0.2, -0.15) is 0 Å². The highest BCUT2D eigenvalue weighted by Crippen LogP contribution is 2.41. The lowest BCUT2D eigenvalue weighted by Crippen LogP contribution is -2.11. The van der Waals surface area contributed by atoms with Crippen molar-refractivity contribution in [2.45, 2.75) is 57.9 Å². The third kappa shape index (κ3) is 3.87. The van der Waals surface area contributed by atoms with Crippen molar-refractivity contribution in [3.63, 3.8) is 0 Å². The van der Waals surface area contributed by atoms with Gasteiger partial charge in [-0.05, 0) is 56.1 Å². The molecule has 3 aromatic rings. The zero-order valence-corrected chi connectivity index (χ0v) is 18.4. The number of nitrogens with zero attached hydrogens (tertiary/aromatic N) is 3. The molecule has 0 fully saturated rings. The van der Waals surface area contributed by atoms with Crippen molar-refractivity contribution in [1.82, 2.24) is 15.0 Å². The maximum Gasteiger partial charge on any atom is 0.126 e. The Kier molecular flexibility index (Phi) is 5.72. The molecule has 0 spiro atoms. The summed E-state index contributed by atoms with van der Waals surface area (Å²) in [6, 6.07) is 0. The van der Waals surface area contributed by atoms with Gasteiger partial charge in [0.25, 0.3) is 0 Å². The van der Waals surface area contributed by atoms with Crippen molar-refractivity contribution < 1.29 is 0 Å². The summed E-state index contributed by atoms with van der Waals surface area (Å²) in [6.45, 7) is 6.46. The number of halogens is 1. The molecule has 1 aliphatic carbocycles. The van der Waals surface area contributed by atoms with Crippen LogP contribution >= 0.6 is 34.7 Å². The number of aromatic nitrogens is 3. The zero-order valence-electron chi connectivity index (χ0n) is 16.0. The fourth-order valence-corrected chi connectivity index (χ4v) is 6.18. The lowest BCUT2D eigenvalue weighted by molar-refractivity contribution is 0.615. The Morgan fingerprint density at radius 1 is 1.26 bits per heavy atom. The van der Waals surface area contributed by atoms with Crippen molar-refractivity contribution in [2.75, 3.05) is 5.75 Å². The maximum atomic E-state index is 5.97. The van der Waals surface area contributed by atoms with E-state index in [2.05, 4.69) is 23.8 Å². The van der Waals surface area contributed by atoms with Gasteiger partial charge in [0, 0.05) is 21.9 Å². The maximum absolute atomic E-state index is 5.97. The molecule has 4 rings (SSSR count). The number of thioether (sulfide) groups is 1. The number of fused-ring (bicyclic) bond motifs is 5. The van der Waals surface area contributed by atoms with E-state index in [0.29, 0.717) is 5.92 Å². The van der Waals surface area contributed by atoms with E-state index in [-0.39, 0.29) is 0 Å². The number of allylic oxidation sites excluding steroid dienone is 1. The average Bonchev–Trinajstić information content (AvgIpc) is 3.00. The van der Waals surface area contributed by atoms with Crippen LogP contribution < -0.4 is 0 Å². The molecule has 0 N–H and O–H groups in total. The Labute approximate surface area is 173 Å². The summed E-state index contributed by atoms with van der Waals surface area (Å²) in [5, 5.41) is 3.14. The van der Waals surface area contributed by atoms with E-state index in [1.165, 1.54) is 39.7 Å². The van der Waals surface area contributed by atoms with E-state index in [9.17, 15) is 0 Å². The summed E-state index contributed by atoms with van der Waals surface area (Å²) in [4.78, 5) is 15.5. The first-order valence-electron chi connectivity index (χ1n) is 9.57. The third-order valence-electron chi connectivity index (χ3n) is 4.96. The Bertz CT molecular complexity index is 1020. The van der Waals surface area contributed by atoms with Gasteiger partial charge in [-0.25, -0.2) is 15.0 Å². The fraction of sp³-hybridized carbons (Fsp3) is 0.476. The molecule has 0 aliphatic heterocycles. The lowest BCUT2D eigenvalue weighted by atomic mass is 9.87. The molecule has 3 heterocycles. The van der Waals surface area contributed by atoms with Crippen LogP contribution in [-0.4, -0.2) is 20.7 Å². The van der Waals surface area contributed by atoms with Gasteiger partial charge in [0.2, 0.25) is 0 Å². The van der Waals surface area contributed by atoms with Crippen LogP contribution in [0.15, 0.2) is 22.5 Å². The molecule has 1 aliphatic rings. The van der Waals surface area contributed by atoms with Crippen LogP contribution in [0.5, 0.6) is 0 Å². The number of pyridine rings is 1. The van der Waals surface area contributed by atoms with Crippen LogP contribution in [0.1, 0.15) is 50.4 Å². The Hall–Kier alpha value is -1.17. The van der Waals surface area contributed by atoms with E-state index < -0.39 is 0 Å². The summed E-state index contributed by atoms with van der Waals surface area (Å²) in [5.74, 6) is 1.44. The summed E-state index contributed by atoms with van der Waals surface area (Å²) in [6.07, 6.45) is 9.61. The monoisotopic (exact) mass is 417 g/mol. The van der Waals surface area contributed by atoms with Crippen LogP contribution in [0, 0.1) is 5.92 Å². The van der Waals surface area contributed by atoms with Gasteiger partial charge in [0.15, 0.2) is 0 Å². The minimum Gasteiger partial charge on any atom is -0.242 e. The van der Waals surface area contributed by atoms with E-state index in [4.69, 9.17) is 16.6 Å². The number of thiophene rings is 1. The largest absolute Gasteiger partial charge is 0.242 e. The molecule has 0 bridgehead atoms. The SMILES string of the molecule is C/C(Cl)=C\CSc1ncnc2c1sc1nc(CC(C)C)c3c(c12)CCCC3. The lowest BCUT2D eigenvalue weighted by Gasteiger charge is -2.20. The van der Waals surface area contributed by atoms with Gasteiger partial charge in [0.1, 0.15) is 16.2 Å². The molecule has 6 heteroatoms. The highest BCUT2D eigenvalue weighted by atomic mass is 35.5. The topological polar surface area (TPSA) is 38.7 Å². The second kappa shape index (κ2) is 8.06. The van der Waals surface area contributed by atoms with Crippen molar-refractivity contribution in [3.05, 3.63) is 34.3 Å². The highest BCUT2D eigenvalue weighted by molar-refractivity contribution is 7.99. The molecule has 0 radical (unpaired) electrons. The highest BCUT2D eigenvalue weighted by Gasteiger charge is 2.23.